The van der Waals surface area contributed by atoms with E-state index in [0.29, 0.717) is 37.6 Å². The molecule has 1 aliphatic heterocycles. The zero-order valence-electron chi connectivity index (χ0n) is 18.0. The third kappa shape index (κ3) is 5.02. The Kier molecular flexibility index (Phi) is 6.45. The lowest BCUT2D eigenvalue weighted by molar-refractivity contribution is -0.131. The number of nitrogens with zero attached hydrogens (tertiary/aromatic N) is 5. The van der Waals surface area contributed by atoms with Crippen LogP contribution in [0, 0.1) is 0 Å². The smallest absolute Gasteiger partial charge is 0.226 e. The number of ether oxygens (including phenoxy) is 1. The van der Waals surface area contributed by atoms with Crippen LogP contribution >= 0.6 is 0 Å². The standard InChI is InChI=1S/C23H27N5O3/c1-3-21-25-23(26-31-21)18-7-10-20(24-16-18)27-12-14-28(15-13-27)22(29)11-6-17-4-8-19(30-2)9-5-17/h4-5,7-10,16H,3,6,11-15H2,1-2H3. The van der Waals surface area contributed by atoms with Gasteiger partial charge in [-0.25, -0.2) is 4.98 Å². The summed E-state index contributed by atoms with van der Waals surface area (Å²) < 4.78 is 10.3. The molecule has 3 aromatic rings. The summed E-state index contributed by atoms with van der Waals surface area (Å²) in [6.45, 7) is 4.92. The molecule has 0 aliphatic carbocycles. The van der Waals surface area contributed by atoms with Crippen molar-refractivity contribution in [3.63, 3.8) is 0 Å². The number of anilines is 1. The van der Waals surface area contributed by atoms with Crippen molar-refractivity contribution in [2.75, 3.05) is 38.2 Å². The summed E-state index contributed by atoms with van der Waals surface area (Å²) in [5.74, 6) is 3.10. The van der Waals surface area contributed by atoms with Crippen LogP contribution < -0.4 is 9.64 Å². The maximum atomic E-state index is 12.6. The van der Waals surface area contributed by atoms with Crippen LogP contribution in [-0.2, 0) is 17.6 Å². The molecule has 0 radical (unpaired) electrons. The number of carbonyl (C=O) groups is 1. The molecule has 3 heterocycles. The normalized spacial score (nSPS) is 14.0. The molecule has 0 saturated carbocycles. The van der Waals surface area contributed by atoms with Gasteiger partial charge in [0.25, 0.3) is 0 Å². The van der Waals surface area contributed by atoms with Crippen LogP contribution in [-0.4, -0.2) is 59.2 Å². The van der Waals surface area contributed by atoms with Gasteiger partial charge >= 0.3 is 0 Å². The fraction of sp³-hybridized carbons (Fsp3) is 0.391. The summed E-state index contributed by atoms with van der Waals surface area (Å²) in [4.78, 5) is 25.7. The maximum Gasteiger partial charge on any atom is 0.226 e. The lowest BCUT2D eigenvalue weighted by Gasteiger charge is -2.35. The molecule has 1 fully saturated rings. The Morgan fingerprint density at radius 1 is 1.10 bits per heavy atom. The van der Waals surface area contributed by atoms with E-state index in [1.165, 1.54) is 0 Å². The van der Waals surface area contributed by atoms with Crippen molar-refractivity contribution in [2.24, 2.45) is 0 Å². The number of carbonyl (C=O) groups excluding carboxylic acids is 1. The Morgan fingerprint density at radius 3 is 2.48 bits per heavy atom. The van der Waals surface area contributed by atoms with E-state index in [-0.39, 0.29) is 5.91 Å². The van der Waals surface area contributed by atoms with E-state index in [1.54, 1.807) is 13.3 Å². The highest BCUT2D eigenvalue weighted by molar-refractivity contribution is 5.76. The van der Waals surface area contributed by atoms with Crippen LogP contribution in [0.1, 0.15) is 24.8 Å². The molecule has 1 saturated heterocycles. The molecule has 0 spiro atoms. The fourth-order valence-corrected chi connectivity index (χ4v) is 3.61. The van der Waals surface area contributed by atoms with Gasteiger partial charge in [0.15, 0.2) is 0 Å². The fourth-order valence-electron chi connectivity index (χ4n) is 3.61. The molecule has 1 aromatic carbocycles. The van der Waals surface area contributed by atoms with E-state index in [2.05, 4.69) is 20.0 Å². The molecule has 8 heteroatoms. The van der Waals surface area contributed by atoms with Gasteiger partial charge in [0.1, 0.15) is 11.6 Å². The first-order valence-electron chi connectivity index (χ1n) is 10.6. The highest BCUT2D eigenvalue weighted by Gasteiger charge is 2.22. The molecule has 8 nitrogen and oxygen atoms in total. The number of piperazine rings is 1. The Balaban J connectivity index is 1.27. The van der Waals surface area contributed by atoms with Crippen molar-refractivity contribution >= 4 is 11.7 Å². The lowest BCUT2D eigenvalue weighted by Crippen LogP contribution is -2.49. The second kappa shape index (κ2) is 9.59. The van der Waals surface area contributed by atoms with E-state index >= 15 is 0 Å². The molecule has 0 atom stereocenters. The largest absolute Gasteiger partial charge is 0.497 e. The second-order valence-corrected chi connectivity index (χ2v) is 7.49. The SMILES string of the molecule is CCc1nc(-c2ccc(N3CCN(C(=O)CCc4ccc(OC)cc4)CC3)nc2)no1. The van der Waals surface area contributed by atoms with Crippen molar-refractivity contribution in [3.05, 3.63) is 54.0 Å². The molecule has 1 amide bonds. The predicted molar refractivity (Wildman–Crippen MR) is 117 cm³/mol. The molecule has 1 aliphatic rings. The Morgan fingerprint density at radius 2 is 1.87 bits per heavy atom. The monoisotopic (exact) mass is 421 g/mol. The van der Waals surface area contributed by atoms with E-state index < -0.39 is 0 Å². The number of benzene rings is 1. The summed E-state index contributed by atoms with van der Waals surface area (Å²) in [6, 6.07) is 11.8. The highest BCUT2D eigenvalue weighted by atomic mass is 16.5. The number of hydrogen-bond acceptors (Lipinski definition) is 7. The molecular formula is C23H27N5O3. The second-order valence-electron chi connectivity index (χ2n) is 7.49. The maximum absolute atomic E-state index is 12.6. The first kappa shape index (κ1) is 20.8. The zero-order chi connectivity index (χ0) is 21.6. The van der Waals surface area contributed by atoms with E-state index in [4.69, 9.17) is 9.26 Å². The van der Waals surface area contributed by atoms with Gasteiger partial charge < -0.3 is 19.1 Å². The van der Waals surface area contributed by atoms with Gasteiger partial charge in [0.2, 0.25) is 17.6 Å². The Labute approximate surface area is 181 Å². The number of rotatable bonds is 7. The molecule has 2 aromatic heterocycles. The van der Waals surface area contributed by atoms with Crippen molar-refractivity contribution in [2.45, 2.75) is 26.2 Å². The first-order chi connectivity index (χ1) is 15.2. The van der Waals surface area contributed by atoms with Crippen LogP contribution in [0.3, 0.4) is 0 Å². The topological polar surface area (TPSA) is 84.6 Å². The minimum absolute atomic E-state index is 0.197. The minimum atomic E-state index is 0.197. The van der Waals surface area contributed by atoms with Gasteiger partial charge in [-0.05, 0) is 36.2 Å². The van der Waals surface area contributed by atoms with Gasteiger partial charge in [-0.15, -0.1) is 0 Å². The van der Waals surface area contributed by atoms with Crippen molar-refractivity contribution in [3.8, 4) is 17.1 Å². The third-order valence-electron chi connectivity index (χ3n) is 5.52. The summed E-state index contributed by atoms with van der Waals surface area (Å²) in [5.41, 5.74) is 1.98. The molecule has 31 heavy (non-hydrogen) atoms. The van der Waals surface area contributed by atoms with Crippen LogP contribution in [0.5, 0.6) is 5.75 Å². The van der Waals surface area contributed by atoms with Crippen LogP contribution in [0.15, 0.2) is 47.1 Å². The molecule has 162 valence electrons. The molecule has 0 bridgehead atoms. The molecule has 4 rings (SSSR count). The van der Waals surface area contributed by atoms with E-state index in [1.807, 2.05) is 48.2 Å². The van der Waals surface area contributed by atoms with Crippen LogP contribution in [0.4, 0.5) is 5.82 Å². The van der Waals surface area contributed by atoms with Gasteiger partial charge in [-0.1, -0.05) is 24.2 Å². The van der Waals surface area contributed by atoms with Gasteiger partial charge in [-0.3, -0.25) is 4.79 Å². The number of amides is 1. The third-order valence-corrected chi connectivity index (χ3v) is 5.52. The van der Waals surface area contributed by atoms with Crippen LogP contribution in [0.2, 0.25) is 0 Å². The average molecular weight is 422 g/mol. The molecule has 0 N–H and O–H groups in total. The number of pyridine rings is 1. The van der Waals surface area contributed by atoms with Gasteiger partial charge in [0, 0.05) is 50.8 Å². The van der Waals surface area contributed by atoms with Crippen LogP contribution in [0.25, 0.3) is 11.4 Å². The van der Waals surface area contributed by atoms with E-state index in [0.717, 1.165) is 42.2 Å². The minimum Gasteiger partial charge on any atom is -0.497 e. The number of hydrogen-bond donors (Lipinski definition) is 0. The van der Waals surface area contributed by atoms with E-state index in [9.17, 15) is 4.79 Å². The quantitative estimate of drug-likeness (QED) is 0.580. The predicted octanol–water partition coefficient (Wildman–Crippen LogP) is 2.98. The molecule has 0 unspecified atom stereocenters. The van der Waals surface area contributed by atoms with Gasteiger partial charge in [-0.2, -0.15) is 4.98 Å². The van der Waals surface area contributed by atoms with Crippen molar-refractivity contribution in [1.82, 2.24) is 20.0 Å². The number of aromatic nitrogens is 3. The Hall–Kier alpha value is -3.42. The first-order valence-corrected chi connectivity index (χ1v) is 10.6. The highest BCUT2D eigenvalue weighted by Crippen LogP contribution is 2.20. The number of aryl methyl sites for hydroxylation is 2. The summed E-state index contributed by atoms with van der Waals surface area (Å²) in [7, 11) is 1.65. The van der Waals surface area contributed by atoms with Crippen molar-refractivity contribution < 1.29 is 14.1 Å². The zero-order valence-corrected chi connectivity index (χ0v) is 18.0. The summed E-state index contributed by atoms with van der Waals surface area (Å²) >= 11 is 0. The Bertz CT molecular complexity index is 993. The summed E-state index contributed by atoms with van der Waals surface area (Å²) in [6.07, 6.45) is 3.74. The molecular weight excluding hydrogens is 394 g/mol. The number of methoxy groups -OCH3 is 1. The van der Waals surface area contributed by atoms with Crippen molar-refractivity contribution in [1.29, 1.82) is 0 Å². The summed E-state index contributed by atoms with van der Waals surface area (Å²) in [5, 5.41) is 3.99. The van der Waals surface area contributed by atoms with Gasteiger partial charge in [0.05, 0.1) is 7.11 Å². The average Bonchev–Trinajstić information content (AvgIpc) is 3.32. The lowest BCUT2D eigenvalue weighted by atomic mass is 10.1.